The van der Waals surface area contributed by atoms with Crippen molar-refractivity contribution in [3.05, 3.63) is 34.1 Å². The van der Waals surface area contributed by atoms with Crippen LogP contribution in [0.1, 0.15) is 23.6 Å². The Hall–Kier alpha value is -0.640. The van der Waals surface area contributed by atoms with Gasteiger partial charge in [-0.3, -0.25) is 0 Å². The molecule has 84 valence electrons. The molecule has 1 rings (SSSR count). The zero-order valence-corrected chi connectivity index (χ0v) is 9.74. The van der Waals surface area contributed by atoms with E-state index in [1.165, 1.54) is 6.07 Å². The van der Waals surface area contributed by atoms with Gasteiger partial charge >= 0.3 is 0 Å². The zero-order chi connectivity index (χ0) is 11.4. The average molecular weight is 231 g/mol. The number of nitrogens with two attached hydrogens (primary N) is 1. The zero-order valence-electron chi connectivity index (χ0n) is 8.98. The predicted octanol–water partition coefficient (Wildman–Crippen LogP) is 2.40. The Morgan fingerprint density at radius 3 is 2.80 bits per heavy atom. The highest BCUT2D eigenvalue weighted by molar-refractivity contribution is 6.31. The average Bonchev–Trinajstić information content (AvgIpc) is 2.20. The molecule has 1 aromatic carbocycles. The van der Waals surface area contributed by atoms with E-state index in [2.05, 4.69) is 5.32 Å². The highest BCUT2D eigenvalue weighted by Crippen LogP contribution is 2.26. The third kappa shape index (κ3) is 3.16. The summed E-state index contributed by atoms with van der Waals surface area (Å²) in [4.78, 5) is 0. The summed E-state index contributed by atoms with van der Waals surface area (Å²) >= 11 is 6.01. The maximum Gasteiger partial charge on any atom is 0.126 e. The number of hydrogen-bond donors (Lipinski definition) is 2. The molecular weight excluding hydrogens is 215 g/mol. The van der Waals surface area contributed by atoms with Crippen molar-refractivity contribution in [3.63, 3.8) is 0 Å². The highest BCUT2D eigenvalue weighted by atomic mass is 35.5. The molecule has 0 radical (unpaired) electrons. The Morgan fingerprint density at radius 2 is 2.20 bits per heavy atom. The molecule has 2 nitrogen and oxygen atoms in total. The first-order valence-electron chi connectivity index (χ1n) is 4.92. The minimum atomic E-state index is -0.255. The number of nitrogens with one attached hydrogen (secondary N) is 1. The van der Waals surface area contributed by atoms with Crippen molar-refractivity contribution in [3.8, 4) is 0 Å². The quantitative estimate of drug-likeness (QED) is 0.834. The van der Waals surface area contributed by atoms with Crippen LogP contribution in [0.4, 0.5) is 4.39 Å². The van der Waals surface area contributed by atoms with Crippen LogP contribution in [0.2, 0.25) is 5.02 Å². The van der Waals surface area contributed by atoms with Gasteiger partial charge in [0, 0.05) is 11.1 Å². The van der Waals surface area contributed by atoms with Crippen molar-refractivity contribution in [2.24, 2.45) is 5.73 Å². The molecule has 15 heavy (non-hydrogen) atoms. The van der Waals surface area contributed by atoms with E-state index in [-0.39, 0.29) is 11.9 Å². The van der Waals surface area contributed by atoms with Crippen molar-refractivity contribution >= 4 is 11.6 Å². The van der Waals surface area contributed by atoms with Crippen LogP contribution in [0.5, 0.6) is 0 Å². The van der Waals surface area contributed by atoms with Crippen molar-refractivity contribution in [2.45, 2.75) is 19.4 Å². The molecular formula is C11H16ClFN2. The van der Waals surface area contributed by atoms with E-state index in [9.17, 15) is 4.39 Å². The van der Waals surface area contributed by atoms with Crippen LogP contribution >= 0.6 is 11.6 Å². The van der Waals surface area contributed by atoms with Crippen LogP contribution in [0.15, 0.2) is 12.1 Å². The molecule has 1 unspecified atom stereocenters. The lowest BCUT2D eigenvalue weighted by molar-refractivity contribution is 0.592. The lowest BCUT2D eigenvalue weighted by atomic mass is 10.0. The van der Waals surface area contributed by atoms with Gasteiger partial charge in [-0.15, -0.1) is 0 Å². The van der Waals surface area contributed by atoms with E-state index in [0.717, 1.165) is 13.0 Å². The fourth-order valence-corrected chi connectivity index (χ4v) is 1.76. The second kappa shape index (κ2) is 5.45. The van der Waals surface area contributed by atoms with Gasteiger partial charge in [-0.2, -0.15) is 0 Å². The minimum Gasteiger partial charge on any atom is -0.324 e. The van der Waals surface area contributed by atoms with Crippen LogP contribution in [0, 0.1) is 12.7 Å². The van der Waals surface area contributed by atoms with E-state index in [0.29, 0.717) is 16.1 Å². The SMILES string of the molecule is CNCCC(N)c1cc(F)c(C)cc1Cl. The molecule has 0 heterocycles. The maximum atomic E-state index is 13.3. The number of hydrogen-bond acceptors (Lipinski definition) is 2. The summed E-state index contributed by atoms with van der Waals surface area (Å²) in [6.07, 6.45) is 0.735. The maximum absolute atomic E-state index is 13.3. The van der Waals surface area contributed by atoms with Crippen LogP contribution in [0.3, 0.4) is 0 Å². The summed E-state index contributed by atoms with van der Waals surface area (Å²) in [5, 5.41) is 3.54. The summed E-state index contributed by atoms with van der Waals surface area (Å²) < 4.78 is 13.3. The Morgan fingerprint density at radius 1 is 1.53 bits per heavy atom. The molecule has 0 saturated carbocycles. The largest absolute Gasteiger partial charge is 0.324 e. The summed E-state index contributed by atoms with van der Waals surface area (Å²) in [5.41, 5.74) is 7.13. The van der Waals surface area contributed by atoms with E-state index in [1.54, 1.807) is 13.0 Å². The molecule has 0 aliphatic heterocycles. The highest BCUT2D eigenvalue weighted by Gasteiger charge is 2.12. The van der Waals surface area contributed by atoms with Crippen LogP contribution in [0.25, 0.3) is 0 Å². The lowest BCUT2D eigenvalue weighted by Crippen LogP contribution is -2.18. The second-order valence-electron chi connectivity index (χ2n) is 3.62. The van der Waals surface area contributed by atoms with E-state index in [4.69, 9.17) is 17.3 Å². The lowest BCUT2D eigenvalue weighted by Gasteiger charge is -2.14. The molecule has 0 aromatic heterocycles. The number of benzene rings is 1. The predicted molar refractivity (Wildman–Crippen MR) is 61.6 cm³/mol. The van der Waals surface area contributed by atoms with Crippen LogP contribution in [-0.4, -0.2) is 13.6 Å². The van der Waals surface area contributed by atoms with E-state index < -0.39 is 0 Å². The third-order valence-corrected chi connectivity index (χ3v) is 2.71. The molecule has 0 bridgehead atoms. The Bertz CT molecular complexity index is 342. The van der Waals surface area contributed by atoms with Gasteiger partial charge in [-0.1, -0.05) is 11.6 Å². The van der Waals surface area contributed by atoms with Gasteiger partial charge in [0.25, 0.3) is 0 Å². The van der Waals surface area contributed by atoms with Crippen molar-refractivity contribution < 1.29 is 4.39 Å². The molecule has 0 amide bonds. The molecule has 1 aromatic rings. The fourth-order valence-electron chi connectivity index (χ4n) is 1.40. The van der Waals surface area contributed by atoms with Gasteiger partial charge in [0.05, 0.1) is 0 Å². The van der Waals surface area contributed by atoms with Gasteiger partial charge in [-0.05, 0) is 50.2 Å². The summed E-state index contributed by atoms with van der Waals surface area (Å²) in [6, 6.07) is 2.82. The summed E-state index contributed by atoms with van der Waals surface area (Å²) in [7, 11) is 1.85. The number of aryl methyl sites for hydroxylation is 1. The van der Waals surface area contributed by atoms with Gasteiger partial charge in [0.15, 0.2) is 0 Å². The first-order valence-corrected chi connectivity index (χ1v) is 5.29. The molecule has 0 saturated heterocycles. The molecule has 0 spiro atoms. The summed E-state index contributed by atoms with van der Waals surface area (Å²) in [6.45, 7) is 2.47. The third-order valence-electron chi connectivity index (χ3n) is 2.38. The Kier molecular flexibility index (Phi) is 4.51. The van der Waals surface area contributed by atoms with Crippen LogP contribution < -0.4 is 11.1 Å². The first kappa shape index (κ1) is 12.4. The molecule has 4 heteroatoms. The molecule has 1 atom stereocenters. The molecule has 0 aliphatic rings. The molecule has 0 aliphatic carbocycles. The van der Waals surface area contributed by atoms with Crippen LogP contribution in [-0.2, 0) is 0 Å². The minimum absolute atomic E-state index is 0.222. The fraction of sp³-hybridized carbons (Fsp3) is 0.455. The van der Waals surface area contributed by atoms with Gasteiger partial charge in [0.2, 0.25) is 0 Å². The monoisotopic (exact) mass is 230 g/mol. The van der Waals surface area contributed by atoms with Crippen molar-refractivity contribution in [2.75, 3.05) is 13.6 Å². The second-order valence-corrected chi connectivity index (χ2v) is 4.03. The van der Waals surface area contributed by atoms with E-state index >= 15 is 0 Å². The van der Waals surface area contributed by atoms with Crippen molar-refractivity contribution in [1.82, 2.24) is 5.32 Å². The smallest absolute Gasteiger partial charge is 0.126 e. The van der Waals surface area contributed by atoms with E-state index in [1.807, 2.05) is 7.05 Å². The summed E-state index contributed by atoms with van der Waals surface area (Å²) in [5.74, 6) is -0.255. The van der Waals surface area contributed by atoms with Crippen molar-refractivity contribution in [1.29, 1.82) is 0 Å². The number of halogens is 2. The van der Waals surface area contributed by atoms with Gasteiger partial charge in [-0.25, -0.2) is 4.39 Å². The Labute approximate surface area is 94.6 Å². The normalized spacial score (nSPS) is 12.9. The Balaban J connectivity index is 2.88. The first-order chi connectivity index (χ1) is 7.06. The number of rotatable bonds is 4. The topological polar surface area (TPSA) is 38.0 Å². The van der Waals surface area contributed by atoms with Gasteiger partial charge < -0.3 is 11.1 Å². The molecule has 0 fully saturated rings. The standard InChI is InChI=1S/C11H16ClFN2/c1-7-5-9(12)8(6-10(7)13)11(14)3-4-15-2/h5-6,11,15H,3-4,14H2,1-2H3. The molecule has 3 N–H and O–H groups in total. The van der Waals surface area contributed by atoms with Gasteiger partial charge in [0.1, 0.15) is 5.82 Å².